The second kappa shape index (κ2) is 8.85. The SMILES string of the molecule is C=C(C(=O)Nc1ncc(Oc2cc(F)cc(F)c2)s1)N1CC[C@@H](c2cnn(C)c2)C(F)(F)C1. The first-order valence-electron chi connectivity index (χ1n) is 9.82. The smallest absolute Gasteiger partial charge is 0.273 e. The Bertz CT molecular complexity index is 1170. The van der Waals surface area contributed by atoms with E-state index in [4.69, 9.17) is 4.74 Å². The Morgan fingerprint density at radius 1 is 1.27 bits per heavy atom. The number of nitrogens with one attached hydrogen (secondary N) is 1. The second-order valence-corrected chi connectivity index (χ2v) is 8.56. The van der Waals surface area contributed by atoms with Crippen molar-refractivity contribution in [3.8, 4) is 10.8 Å². The summed E-state index contributed by atoms with van der Waals surface area (Å²) in [5.74, 6) is -6.44. The molecule has 1 aliphatic heterocycles. The van der Waals surface area contributed by atoms with Gasteiger partial charge < -0.3 is 9.64 Å². The van der Waals surface area contributed by atoms with Crippen LogP contribution in [0.5, 0.6) is 10.8 Å². The molecule has 0 spiro atoms. The number of halogens is 4. The van der Waals surface area contributed by atoms with Crippen molar-refractivity contribution in [2.24, 2.45) is 7.05 Å². The van der Waals surface area contributed by atoms with Crippen LogP contribution >= 0.6 is 11.3 Å². The summed E-state index contributed by atoms with van der Waals surface area (Å²) >= 11 is 0.904. The van der Waals surface area contributed by atoms with Gasteiger partial charge in [0, 0.05) is 38.0 Å². The Hall–Kier alpha value is -3.41. The van der Waals surface area contributed by atoms with Crippen LogP contribution < -0.4 is 10.1 Å². The number of ether oxygens (including phenoxy) is 1. The largest absolute Gasteiger partial charge is 0.445 e. The molecule has 1 atom stereocenters. The van der Waals surface area contributed by atoms with Gasteiger partial charge in [0.05, 0.1) is 30.6 Å². The van der Waals surface area contributed by atoms with Crippen LogP contribution in [-0.4, -0.2) is 44.6 Å². The van der Waals surface area contributed by atoms with Crippen LogP contribution in [0.15, 0.2) is 49.1 Å². The summed E-state index contributed by atoms with van der Waals surface area (Å²) in [4.78, 5) is 17.8. The summed E-state index contributed by atoms with van der Waals surface area (Å²) in [7, 11) is 1.66. The molecular formula is C21H19F4N5O2S. The van der Waals surface area contributed by atoms with E-state index in [0.717, 1.165) is 23.5 Å². The maximum Gasteiger partial charge on any atom is 0.273 e. The number of hydrogen-bond acceptors (Lipinski definition) is 6. The fourth-order valence-electron chi connectivity index (χ4n) is 3.58. The fourth-order valence-corrected chi connectivity index (χ4v) is 4.26. The van der Waals surface area contributed by atoms with Gasteiger partial charge in [-0.3, -0.25) is 14.8 Å². The van der Waals surface area contributed by atoms with Crippen LogP contribution in [0.2, 0.25) is 0 Å². The monoisotopic (exact) mass is 481 g/mol. The number of benzene rings is 1. The molecular weight excluding hydrogens is 462 g/mol. The number of carbonyl (C=O) groups is 1. The van der Waals surface area contributed by atoms with E-state index in [-0.39, 0.29) is 34.6 Å². The molecule has 1 saturated heterocycles. The molecule has 3 heterocycles. The summed E-state index contributed by atoms with van der Waals surface area (Å²) in [6.45, 7) is 3.23. The molecule has 1 amide bonds. The predicted molar refractivity (Wildman–Crippen MR) is 113 cm³/mol. The first-order valence-corrected chi connectivity index (χ1v) is 10.6. The molecule has 0 saturated carbocycles. The lowest BCUT2D eigenvalue weighted by molar-refractivity contribution is -0.116. The normalized spacial score (nSPS) is 17.6. The van der Waals surface area contributed by atoms with Crippen LogP contribution in [0.4, 0.5) is 22.7 Å². The van der Waals surface area contributed by atoms with Gasteiger partial charge in [-0.05, 0) is 12.0 Å². The van der Waals surface area contributed by atoms with Gasteiger partial charge in [-0.2, -0.15) is 5.10 Å². The van der Waals surface area contributed by atoms with Crippen molar-refractivity contribution in [3.63, 3.8) is 0 Å². The third-order valence-electron chi connectivity index (χ3n) is 5.13. The minimum atomic E-state index is -3.08. The third kappa shape index (κ3) is 5.16. The van der Waals surface area contributed by atoms with E-state index in [1.165, 1.54) is 22.0 Å². The number of likely N-dealkylation sites (tertiary alicyclic amines) is 1. The van der Waals surface area contributed by atoms with E-state index in [0.29, 0.717) is 11.6 Å². The molecule has 0 radical (unpaired) electrons. The highest BCUT2D eigenvalue weighted by Gasteiger charge is 2.46. The third-order valence-corrected chi connectivity index (χ3v) is 5.92. The van der Waals surface area contributed by atoms with E-state index in [1.54, 1.807) is 13.2 Å². The Morgan fingerprint density at radius 2 is 2.00 bits per heavy atom. The zero-order chi connectivity index (χ0) is 23.8. The first-order chi connectivity index (χ1) is 15.6. The Balaban J connectivity index is 1.37. The van der Waals surface area contributed by atoms with Gasteiger partial charge in [-0.25, -0.2) is 22.5 Å². The molecule has 7 nitrogen and oxygen atoms in total. The zero-order valence-corrected chi connectivity index (χ0v) is 18.2. The van der Waals surface area contributed by atoms with Crippen molar-refractivity contribution in [2.45, 2.75) is 18.3 Å². The zero-order valence-electron chi connectivity index (χ0n) is 17.4. The minimum absolute atomic E-state index is 0.0721. The highest BCUT2D eigenvalue weighted by atomic mass is 32.1. The number of aromatic nitrogens is 3. The average molecular weight is 481 g/mol. The quantitative estimate of drug-likeness (QED) is 0.414. The molecule has 1 fully saturated rings. The van der Waals surface area contributed by atoms with E-state index >= 15 is 0 Å². The van der Waals surface area contributed by atoms with Gasteiger partial charge in [0.1, 0.15) is 17.4 Å². The molecule has 12 heteroatoms. The van der Waals surface area contributed by atoms with Crippen molar-refractivity contribution in [3.05, 3.63) is 66.3 Å². The van der Waals surface area contributed by atoms with E-state index in [2.05, 4.69) is 22.0 Å². The van der Waals surface area contributed by atoms with Crippen molar-refractivity contribution in [1.29, 1.82) is 0 Å². The van der Waals surface area contributed by atoms with Gasteiger partial charge in [0.2, 0.25) is 5.06 Å². The number of alkyl halides is 2. The van der Waals surface area contributed by atoms with Crippen LogP contribution in [0.3, 0.4) is 0 Å². The van der Waals surface area contributed by atoms with Gasteiger partial charge >= 0.3 is 0 Å². The van der Waals surface area contributed by atoms with Gasteiger partial charge in [0.15, 0.2) is 5.13 Å². The number of piperidine rings is 1. The number of nitrogens with zero attached hydrogens (tertiary/aromatic N) is 4. The van der Waals surface area contributed by atoms with E-state index in [1.807, 2.05) is 0 Å². The Morgan fingerprint density at radius 3 is 2.64 bits per heavy atom. The molecule has 4 rings (SSSR count). The summed E-state index contributed by atoms with van der Waals surface area (Å²) in [5, 5.41) is 6.73. The molecule has 2 aromatic heterocycles. The topological polar surface area (TPSA) is 72.3 Å². The molecule has 3 aromatic rings. The maximum atomic E-state index is 14.8. The number of aryl methyl sites for hydroxylation is 1. The summed E-state index contributed by atoms with van der Waals surface area (Å²) in [6.07, 6.45) is 4.38. The maximum absolute atomic E-state index is 14.8. The standard InChI is InChI=1S/C21H19F4N5O2S/c1-12(30-4-3-17(21(24,25)11-30)13-8-27-29(2)10-13)19(31)28-20-26-9-18(33-20)32-16-6-14(22)5-15(23)7-16/h5-10,17H,1,3-4,11H2,2H3,(H,26,28,31)/t17-/m0/s1. The number of thiazole rings is 1. The van der Waals surface area contributed by atoms with Crippen LogP contribution in [0.25, 0.3) is 0 Å². The Labute approximate surface area is 190 Å². The van der Waals surface area contributed by atoms with Crippen molar-refractivity contribution in [2.75, 3.05) is 18.4 Å². The van der Waals surface area contributed by atoms with Gasteiger partial charge in [-0.1, -0.05) is 17.9 Å². The summed E-state index contributed by atoms with van der Waals surface area (Å²) in [6, 6.07) is 2.70. The highest BCUT2D eigenvalue weighted by molar-refractivity contribution is 7.17. The lowest BCUT2D eigenvalue weighted by Gasteiger charge is -2.39. The second-order valence-electron chi connectivity index (χ2n) is 7.56. The number of hydrogen-bond donors (Lipinski definition) is 1. The summed E-state index contributed by atoms with van der Waals surface area (Å²) in [5.41, 5.74) is 0.329. The molecule has 1 aromatic carbocycles. The summed E-state index contributed by atoms with van der Waals surface area (Å²) < 4.78 is 63.0. The number of amides is 1. The molecule has 1 aliphatic rings. The first kappa shape index (κ1) is 22.8. The van der Waals surface area contributed by atoms with Crippen molar-refractivity contribution in [1.82, 2.24) is 19.7 Å². The van der Waals surface area contributed by atoms with E-state index < -0.39 is 35.9 Å². The highest BCUT2D eigenvalue weighted by Crippen LogP contribution is 2.41. The van der Waals surface area contributed by atoms with Crippen LogP contribution in [0.1, 0.15) is 17.9 Å². The van der Waals surface area contributed by atoms with Crippen LogP contribution in [0, 0.1) is 11.6 Å². The molecule has 174 valence electrons. The predicted octanol–water partition coefficient (Wildman–Crippen LogP) is 4.52. The Kier molecular flexibility index (Phi) is 6.11. The average Bonchev–Trinajstić information content (AvgIpc) is 3.34. The number of rotatable bonds is 6. The van der Waals surface area contributed by atoms with Gasteiger partial charge in [-0.15, -0.1) is 0 Å². The molecule has 1 N–H and O–H groups in total. The van der Waals surface area contributed by atoms with Crippen molar-refractivity contribution < 1.29 is 27.1 Å². The lowest BCUT2D eigenvalue weighted by atomic mass is 9.88. The lowest BCUT2D eigenvalue weighted by Crippen LogP contribution is -2.48. The fraction of sp³-hybridized carbons (Fsp3) is 0.286. The van der Waals surface area contributed by atoms with Crippen LogP contribution in [-0.2, 0) is 11.8 Å². The molecule has 0 aliphatic carbocycles. The van der Waals surface area contributed by atoms with E-state index in [9.17, 15) is 22.4 Å². The molecule has 0 unspecified atom stereocenters. The number of carbonyl (C=O) groups excluding carboxylic acids is 1. The van der Waals surface area contributed by atoms with Gasteiger partial charge in [0.25, 0.3) is 11.8 Å². The van der Waals surface area contributed by atoms with Crippen molar-refractivity contribution >= 4 is 22.4 Å². The minimum Gasteiger partial charge on any atom is -0.445 e. The molecule has 33 heavy (non-hydrogen) atoms. The molecule has 0 bridgehead atoms. The number of anilines is 1.